The predicted molar refractivity (Wildman–Crippen MR) is 77.7 cm³/mol. The van der Waals surface area contributed by atoms with E-state index in [2.05, 4.69) is 11.4 Å². The number of hydrogen-bond acceptors (Lipinski definition) is 4. The van der Waals surface area contributed by atoms with Gasteiger partial charge in [-0.2, -0.15) is 17.0 Å². The van der Waals surface area contributed by atoms with Crippen molar-refractivity contribution in [1.82, 2.24) is 5.32 Å². The first-order valence-corrected chi connectivity index (χ1v) is 8.24. The lowest BCUT2D eigenvalue weighted by Crippen LogP contribution is -2.48. The molecule has 0 aliphatic heterocycles. The maximum Gasteiger partial charge on any atom is 0.240 e. The van der Waals surface area contributed by atoms with Gasteiger partial charge >= 0.3 is 0 Å². The first-order chi connectivity index (χ1) is 9.09. The minimum absolute atomic E-state index is 0.0227. The van der Waals surface area contributed by atoms with Gasteiger partial charge in [-0.25, -0.2) is 0 Å². The highest BCUT2D eigenvalue weighted by atomic mass is 32.2. The Morgan fingerprint density at radius 3 is 2.42 bits per heavy atom. The third kappa shape index (κ3) is 4.12. The van der Waals surface area contributed by atoms with Gasteiger partial charge in [-0.05, 0) is 26.0 Å². The summed E-state index contributed by atoms with van der Waals surface area (Å²) in [5.74, 6) is -0.156. The summed E-state index contributed by atoms with van der Waals surface area (Å²) < 4.78 is 0. The zero-order valence-corrected chi connectivity index (χ0v) is 12.6. The summed E-state index contributed by atoms with van der Waals surface area (Å²) in [5, 5.41) is 21.6. The van der Waals surface area contributed by atoms with E-state index in [0.717, 1.165) is 25.7 Å². The number of nitrogens with zero attached hydrogens (tertiary/aromatic N) is 1. The van der Waals surface area contributed by atoms with Gasteiger partial charge in [-0.3, -0.25) is 4.79 Å². The number of aliphatic hydroxyl groups excluding tert-OH is 1. The molecule has 0 spiro atoms. The van der Waals surface area contributed by atoms with Crippen LogP contribution in [-0.4, -0.2) is 35.2 Å². The molecule has 1 saturated carbocycles. The van der Waals surface area contributed by atoms with Gasteiger partial charge in [0.2, 0.25) is 5.91 Å². The fraction of sp³-hybridized carbons (Fsp3) is 0.857. The van der Waals surface area contributed by atoms with Crippen LogP contribution in [0.15, 0.2) is 0 Å². The second-order valence-electron chi connectivity index (χ2n) is 5.33. The third-order valence-corrected chi connectivity index (χ3v) is 5.17. The predicted octanol–water partition coefficient (Wildman–Crippen LogP) is 2.08. The first kappa shape index (κ1) is 16.3. The van der Waals surface area contributed by atoms with Crippen molar-refractivity contribution in [2.75, 3.05) is 12.9 Å². The topological polar surface area (TPSA) is 73.1 Å². The lowest BCUT2D eigenvalue weighted by atomic mass is 9.80. The van der Waals surface area contributed by atoms with E-state index in [1.54, 1.807) is 0 Å². The van der Waals surface area contributed by atoms with Crippen molar-refractivity contribution in [3.8, 4) is 6.07 Å². The van der Waals surface area contributed by atoms with Gasteiger partial charge in [0.15, 0.2) is 0 Å². The number of carbonyl (C=O) groups excluding carboxylic acids is 1. The summed E-state index contributed by atoms with van der Waals surface area (Å²) in [6, 6.07) is 2.13. The molecule has 1 aliphatic carbocycles. The molecular weight excluding hydrogens is 260 g/mol. The lowest BCUT2D eigenvalue weighted by molar-refractivity contribution is -0.129. The molecule has 0 heterocycles. The normalized spacial score (nSPS) is 21.8. The molecule has 0 aromatic carbocycles. The van der Waals surface area contributed by atoms with E-state index in [4.69, 9.17) is 0 Å². The van der Waals surface area contributed by atoms with Crippen LogP contribution in [0.3, 0.4) is 0 Å². The highest BCUT2D eigenvalue weighted by Crippen LogP contribution is 2.35. The molecule has 1 rings (SSSR count). The highest BCUT2D eigenvalue weighted by molar-refractivity contribution is 7.99. The summed E-state index contributed by atoms with van der Waals surface area (Å²) in [4.78, 5) is 12.4. The second kappa shape index (κ2) is 7.76. The van der Waals surface area contributed by atoms with E-state index in [1.165, 1.54) is 11.8 Å². The minimum Gasteiger partial charge on any atom is -0.395 e. The molecule has 1 amide bonds. The smallest absolute Gasteiger partial charge is 0.240 e. The summed E-state index contributed by atoms with van der Waals surface area (Å²) in [6.07, 6.45) is 7.33. The first-order valence-electron chi connectivity index (χ1n) is 6.95. The Hall–Kier alpha value is -0.730. The van der Waals surface area contributed by atoms with Crippen molar-refractivity contribution < 1.29 is 9.90 Å². The third-order valence-electron chi connectivity index (χ3n) is 4.00. The molecule has 4 nitrogen and oxygen atoms in total. The number of aliphatic hydroxyl groups is 1. The molecule has 0 aromatic rings. The molecule has 5 heteroatoms. The molecule has 0 aromatic heterocycles. The van der Waals surface area contributed by atoms with E-state index in [1.807, 2.05) is 13.2 Å². The van der Waals surface area contributed by atoms with Crippen LogP contribution in [0.4, 0.5) is 0 Å². The lowest BCUT2D eigenvalue weighted by Gasteiger charge is -2.28. The molecule has 0 saturated heterocycles. The molecule has 2 unspecified atom stereocenters. The minimum atomic E-state index is -0.858. The van der Waals surface area contributed by atoms with Crippen LogP contribution in [-0.2, 0) is 4.79 Å². The molecule has 2 N–H and O–H groups in total. The number of amides is 1. The van der Waals surface area contributed by atoms with Crippen molar-refractivity contribution in [3.05, 3.63) is 0 Å². The van der Waals surface area contributed by atoms with Crippen LogP contribution in [0.5, 0.6) is 0 Å². The standard InChI is InChI=1S/C14H24N2O2S/c1-11(12(9-17)19-2)16-13(18)14(10-15)7-5-3-4-6-8-14/h11-12,17H,3-9H2,1-2H3,(H,16,18). The Morgan fingerprint density at radius 1 is 1.42 bits per heavy atom. The van der Waals surface area contributed by atoms with E-state index in [9.17, 15) is 15.2 Å². The molecule has 2 atom stereocenters. The SMILES string of the molecule is CSC(CO)C(C)NC(=O)C1(C#N)CCCCCC1. The number of carbonyl (C=O) groups is 1. The Kier molecular flexibility index (Phi) is 6.67. The maximum absolute atomic E-state index is 12.4. The van der Waals surface area contributed by atoms with Crippen molar-refractivity contribution >= 4 is 17.7 Å². The average molecular weight is 284 g/mol. The van der Waals surface area contributed by atoms with Gasteiger partial charge in [0.1, 0.15) is 5.41 Å². The fourth-order valence-corrected chi connectivity index (χ4v) is 3.22. The zero-order valence-electron chi connectivity index (χ0n) is 11.8. The molecule has 0 bridgehead atoms. The summed E-state index contributed by atoms with van der Waals surface area (Å²) in [5.41, 5.74) is -0.858. The van der Waals surface area contributed by atoms with Crippen LogP contribution in [0.2, 0.25) is 0 Å². The largest absolute Gasteiger partial charge is 0.395 e. The number of rotatable bonds is 5. The van der Waals surface area contributed by atoms with Crippen LogP contribution in [0.1, 0.15) is 45.4 Å². The van der Waals surface area contributed by atoms with Gasteiger partial charge in [-0.15, -0.1) is 0 Å². The van der Waals surface area contributed by atoms with Gasteiger partial charge < -0.3 is 10.4 Å². The summed E-state index contributed by atoms with van der Waals surface area (Å²) >= 11 is 1.53. The molecule has 108 valence electrons. The van der Waals surface area contributed by atoms with Gasteiger partial charge in [0.05, 0.1) is 12.7 Å². The fourth-order valence-electron chi connectivity index (χ4n) is 2.60. The molecule has 1 fully saturated rings. The van der Waals surface area contributed by atoms with Crippen LogP contribution >= 0.6 is 11.8 Å². The maximum atomic E-state index is 12.4. The zero-order chi connectivity index (χ0) is 14.3. The van der Waals surface area contributed by atoms with Gasteiger partial charge in [0.25, 0.3) is 0 Å². The van der Waals surface area contributed by atoms with Gasteiger partial charge in [-0.1, -0.05) is 25.7 Å². The second-order valence-corrected chi connectivity index (χ2v) is 6.40. The van der Waals surface area contributed by atoms with Crippen molar-refractivity contribution in [2.45, 2.75) is 56.7 Å². The van der Waals surface area contributed by atoms with Crippen molar-refractivity contribution in [1.29, 1.82) is 5.26 Å². The summed E-state index contributed by atoms with van der Waals surface area (Å²) in [6.45, 7) is 1.92. The Bertz CT molecular complexity index is 329. The monoisotopic (exact) mass is 284 g/mol. The Labute approximate surface area is 119 Å². The molecular formula is C14H24N2O2S. The number of nitriles is 1. The van der Waals surface area contributed by atoms with Crippen LogP contribution in [0.25, 0.3) is 0 Å². The van der Waals surface area contributed by atoms with E-state index in [-0.39, 0.29) is 23.8 Å². The van der Waals surface area contributed by atoms with Crippen molar-refractivity contribution in [2.24, 2.45) is 5.41 Å². The quantitative estimate of drug-likeness (QED) is 0.758. The number of thioether (sulfide) groups is 1. The molecule has 1 aliphatic rings. The summed E-state index contributed by atoms with van der Waals surface area (Å²) in [7, 11) is 0. The molecule has 19 heavy (non-hydrogen) atoms. The van der Waals surface area contributed by atoms with E-state index in [0.29, 0.717) is 12.8 Å². The van der Waals surface area contributed by atoms with Crippen molar-refractivity contribution in [3.63, 3.8) is 0 Å². The van der Waals surface area contributed by atoms with Crippen LogP contribution < -0.4 is 5.32 Å². The number of hydrogen-bond donors (Lipinski definition) is 2. The molecule has 0 radical (unpaired) electrons. The van der Waals surface area contributed by atoms with Gasteiger partial charge in [0, 0.05) is 11.3 Å². The van der Waals surface area contributed by atoms with Crippen LogP contribution in [0, 0.1) is 16.7 Å². The average Bonchev–Trinajstić information content (AvgIpc) is 2.66. The van der Waals surface area contributed by atoms with E-state index >= 15 is 0 Å². The Balaban J connectivity index is 2.71. The number of nitrogens with one attached hydrogen (secondary N) is 1. The Morgan fingerprint density at radius 2 is 2.00 bits per heavy atom. The van der Waals surface area contributed by atoms with E-state index < -0.39 is 5.41 Å². The highest BCUT2D eigenvalue weighted by Gasteiger charge is 2.39.